The molecule has 2 N–H and O–H groups in total. The van der Waals surface area contributed by atoms with Gasteiger partial charge in [0.15, 0.2) is 0 Å². The van der Waals surface area contributed by atoms with Gasteiger partial charge >= 0.3 is 0 Å². The molecule has 2 amide bonds. The molecule has 26 heavy (non-hydrogen) atoms. The smallest absolute Gasteiger partial charge is 0.253 e. The normalized spacial score (nSPS) is 10.2. The zero-order valence-corrected chi connectivity index (χ0v) is 15.5. The van der Waals surface area contributed by atoms with Crippen molar-refractivity contribution in [1.82, 2.24) is 4.90 Å². The summed E-state index contributed by atoms with van der Waals surface area (Å²) in [6.07, 6.45) is 1.88. The summed E-state index contributed by atoms with van der Waals surface area (Å²) in [5.41, 5.74) is 2.22. The van der Waals surface area contributed by atoms with Crippen LogP contribution in [0.25, 0.3) is 0 Å². The highest BCUT2D eigenvalue weighted by atomic mass is 16.2. The van der Waals surface area contributed by atoms with E-state index in [1.807, 2.05) is 35.2 Å². The molecule has 138 valence electrons. The van der Waals surface area contributed by atoms with Crippen LogP contribution in [0.3, 0.4) is 0 Å². The minimum atomic E-state index is -0.133. The van der Waals surface area contributed by atoms with Gasteiger partial charge in [-0.25, -0.2) is 0 Å². The fourth-order valence-electron chi connectivity index (χ4n) is 2.68. The number of hydrogen-bond donors (Lipinski definition) is 2. The van der Waals surface area contributed by atoms with Crippen LogP contribution < -0.4 is 10.6 Å². The Hall–Kier alpha value is -2.82. The average Bonchev–Trinajstić information content (AvgIpc) is 2.67. The number of carbonyl (C=O) groups is 2. The van der Waals surface area contributed by atoms with Crippen LogP contribution in [0.1, 0.15) is 37.0 Å². The Morgan fingerprint density at radius 3 is 2.04 bits per heavy atom. The molecule has 0 aliphatic rings. The topological polar surface area (TPSA) is 61.4 Å². The van der Waals surface area contributed by atoms with Crippen molar-refractivity contribution in [2.75, 3.05) is 30.3 Å². The van der Waals surface area contributed by atoms with E-state index in [1.165, 1.54) is 0 Å². The summed E-state index contributed by atoms with van der Waals surface area (Å²) in [7, 11) is 0. The highest BCUT2D eigenvalue weighted by molar-refractivity contribution is 5.96. The lowest BCUT2D eigenvalue weighted by atomic mass is 10.1. The molecule has 0 saturated carbocycles. The van der Waals surface area contributed by atoms with Gasteiger partial charge in [0.2, 0.25) is 5.91 Å². The molecule has 5 heteroatoms. The molecule has 0 saturated heterocycles. The lowest BCUT2D eigenvalue weighted by Crippen LogP contribution is -2.32. The molecule has 0 radical (unpaired) electrons. The Balaban J connectivity index is 1.89. The molecule has 0 spiro atoms. The van der Waals surface area contributed by atoms with Crippen molar-refractivity contribution in [3.8, 4) is 0 Å². The number of para-hydroxylation sites is 1. The zero-order chi connectivity index (χ0) is 18.8. The molecule has 0 fully saturated rings. The Morgan fingerprint density at radius 2 is 1.46 bits per heavy atom. The predicted octanol–water partition coefficient (Wildman–Crippen LogP) is 4.00. The van der Waals surface area contributed by atoms with Crippen molar-refractivity contribution in [3.63, 3.8) is 0 Å². The van der Waals surface area contributed by atoms with Gasteiger partial charge in [0.25, 0.3) is 5.91 Å². The number of nitrogens with zero attached hydrogens (tertiary/aromatic N) is 1. The highest BCUT2D eigenvalue weighted by Crippen LogP contribution is 2.13. The number of nitrogens with one attached hydrogen (secondary N) is 2. The molecule has 0 aliphatic carbocycles. The van der Waals surface area contributed by atoms with Crippen LogP contribution in [0, 0.1) is 0 Å². The van der Waals surface area contributed by atoms with E-state index in [2.05, 4.69) is 24.5 Å². The summed E-state index contributed by atoms with van der Waals surface area (Å²) in [4.78, 5) is 26.5. The SMILES string of the molecule is CCCN(CCC)C(=O)c1ccc(NC(=O)CNc2ccccc2)cc1. The number of hydrogen-bond acceptors (Lipinski definition) is 3. The van der Waals surface area contributed by atoms with E-state index in [4.69, 9.17) is 0 Å². The number of anilines is 2. The second-order valence-corrected chi connectivity index (χ2v) is 6.14. The van der Waals surface area contributed by atoms with Crippen LogP contribution in [-0.2, 0) is 4.79 Å². The van der Waals surface area contributed by atoms with Crippen LogP contribution in [0.15, 0.2) is 54.6 Å². The van der Waals surface area contributed by atoms with E-state index in [9.17, 15) is 9.59 Å². The largest absolute Gasteiger partial charge is 0.376 e. The second kappa shape index (κ2) is 10.2. The number of benzene rings is 2. The van der Waals surface area contributed by atoms with E-state index in [1.54, 1.807) is 24.3 Å². The van der Waals surface area contributed by atoms with E-state index < -0.39 is 0 Å². The van der Waals surface area contributed by atoms with Crippen molar-refractivity contribution < 1.29 is 9.59 Å². The predicted molar refractivity (Wildman–Crippen MR) is 106 cm³/mol. The highest BCUT2D eigenvalue weighted by Gasteiger charge is 2.14. The standard InChI is InChI=1S/C21H27N3O2/c1-3-14-24(15-4-2)21(26)17-10-12-19(13-11-17)23-20(25)16-22-18-8-6-5-7-9-18/h5-13,22H,3-4,14-16H2,1-2H3,(H,23,25). The first-order chi connectivity index (χ1) is 12.6. The summed E-state index contributed by atoms with van der Waals surface area (Å²) in [6.45, 7) is 5.84. The van der Waals surface area contributed by atoms with Crippen LogP contribution >= 0.6 is 0 Å². The maximum atomic E-state index is 12.5. The van der Waals surface area contributed by atoms with Crippen LogP contribution in [0.5, 0.6) is 0 Å². The Morgan fingerprint density at radius 1 is 0.846 bits per heavy atom. The third-order valence-electron chi connectivity index (χ3n) is 3.92. The summed E-state index contributed by atoms with van der Waals surface area (Å²) < 4.78 is 0. The minimum absolute atomic E-state index is 0.0392. The summed E-state index contributed by atoms with van der Waals surface area (Å²) in [5, 5.41) is 5.90. The molecular weight excluding hydrogens is 326 g/mol. The Labute approximate surface area is 155 Å². The van der Waals surface area contributed by atoms with Gasteiger partial charge in [0.1, 0.15) is 0 Å². The lowest BCUT2D eigenvalue weighted by molar-refractivity contribution is -0.114. The van der Waals surface area contributed by atoms with Gasteiger partial charge in [-0.05, 0) is 49.2 Å². The number of carbonyl (C=O) groups excluding carboxylic acids is 2. The number of rotatable bonds is 9. The maximum Gasteiger partial charge on any atom is 0.253 e. The zero-order valence-electron chi connectivity index (χ0n) is 15.5. The molecule has 0 unspecified atom stereocenters. The molecule has 0 aliphatic heterocycles. The van der Waals surface area contributed by atoms with Crippen molar-refractivity contribution in [3.05, 3.63) is 60.2 Å². The lowest BCUT2D eigenvalue weighted by Gasteiger charge is -2.21. The fraction of sp³-hybridized carbons (Fsp3) is 0.333. The van der Waals surface area contributed by atoms with Gasteiger partial charge in [-0.15, -0.1) is 0 Å². The first-order valence-corrected chi connectivity index (χ1v) is 9.12. The van der Waals surface area contributed by atoms with Crippen molar-refractivity contribution >= 4 is 23.2 Å². The summed E-state index contributed by atoms with van der Waals surface area (Å²) >= 11 is 0. The molecule has 0 bridgehead atoms. The minimum Gasteiger partial charge on any atom is -0.376 e. The average molecular weight is 353 g/mol. The van der Waals surface area contributed by atoms with Gasteiger partial charge in [0.05, 0.1) is 6.54 Å². The van der Waals surface area contributed by atoms with Crippen LogP contribution in [-0.4, -0.2) is 36.3 Å². The quantitative estimate of drug-likeness (QED) is 0.716. The van der Waals surface area contributed by atoms with Crippen molar-refractivity contribution in [2.45, 2.75) is 26.7 Å². The van der Waals surface area contributed by atoms with E-state index in [0.29, 0.717) is 11.3 Å². The molecule has 5 nitrogen and oxygen atoms in total. The van der Waals surface area contributed by atoms with E-state index >= 15 is 0 Å². The maximum absolute atomic E-state index is 12.5. The van der Waals surface area contributed by atoms with Gasteiger partial charge < -0.3 is 15.5 Å². The summed E-state index contributed by atoms with van der Waals surface area (Å²) in [6, 6.07) is 16.6. The van der Waals surface area contributed by atoms with Crippen molar-refractivity contribution in [2.24, 2.45) is 0 Å². The Bertz CT molecular complexity index is 693. The van der Waals surface area contributed by atoms with Gasteiger partial charge in [-0.3, -0.25) is 9.59 Å². The van der Waals surface area contributed by atoms with Gasteiger partial charge in [0, 0.05) is 30.0 Å². The van der Waals surface area contributed by atoms with Crippen LogP contribution in [0.4, 0.5) is 11.4 Å². The van der Waals surface area contributed by atoms with Crippen molar-refractivity contribution in [1.29, 1.82) is 0 Å². The van der Waals surface area contributed by atoms with E-state index in [0.717, 1.165) is 31.6 Å². The second-order valence-electron chi connectivity index (χ2n) is 6.14. The third-order valence-corrected chi connectivity index (χ3v) is 3.92. The molecule has 2 rings (SSSR count). The molecule has 2 aromatic carbocycles. The van der Waals surface area contributed by atoms with Crippen LogP contribution in [0.2, 0.25) is 0 Å². The molecule has 0 aromatic heterocycles. The summed E-state index contributed by atoms with van der Waals surface area (Å²) in [5.74, 6) is -0.0937. The monoisotopic (exact) mass is 353 g/mol. The van der Waals surface area contributed by atoms with E-state index in [-0.39, 0.29) is 18.4 Å². The molecular formula is C21H27N3O2. The first-order valence-electron chi connectivity index (χ1n) is 9.12. The van der Waals surface area contributed by atoms with Gasteiger partial charge in [-0.2, -0.15) is 0 Å². The first kappa shape index (κ1) is 19.5. The third kappa shape index (κ3) is 5.92. The molecule has 0 heterocycles. The molecule has 2 aromatic rings. The van der Waals surface area contributed by atoms with Gasteiger partial charge in [-0.1, -0.05) is 32.0 Å². The molecule has 0 atom stereocenters. The number of amides is 2. The fourth-order valence-corrected chi connectivity index (χ4v) is 2.68. The Kier molecular flexibility index (Phi) is 7.68.